The largest absolute Gasteiger partial charge is 0.463 e. The lowest BCUT2D eigenvalue weighted by molar-refractivity contribution is -0.131. The van der Waals surface area contributed by atoms with E-state index in [9.17, 15) is 4.79 Å². The second kappa shape index (κ2) is 5.86. The van der Waals surface area contributed by atoms with Crippen molar-refractivity contribution < 1.29 is 14.3 Å². The molecule has 0 saturated heterocycles. The Morgan fingerprint density at radius 3 is 2.59 bits per heavy atom. The van der Waals surface area contributed by atoms with Gasteiger partial charge in [0, 0.05) is 25.2 Å². The van der Waals surface area contributed by atoms with E-state index in [0.29, 0.717) is 5.75 Å². The molecular weight excluding hydrogens is 362 g/mol. The van der Waals surface area contributed by atoms with Gasteiger partial charge in [-0.15, -0.1) is 0 Å². The van der Waals surface area contributed by atoms with Gasteiger partial charge in [0.15, 0.2) is 0 Å². The van der Waals surface area contributed by atoms with Crippen molar-refractivity contribution in [1.29, 1.82) is 0 Å². The quantitative estimate of drug-likeness (QED) is 0.421. The van der Waals surface area contributed by atoms with E-state index in [1.165, 1.54) is 18.2 Å². The molecule has 0 N–H and O–H groups in total. The van der Waals surface area contributed by atoms with Gasteiger partial charge in [0.1, 0.15) is 11.5 Å². The van der Waals surface area contributed by atoms with Crippen LogP contribution in [-0.2, 0) is 10.2 Å². The Morgan fingerprint density at radius 1 is 1.07 bits per heavy atom. The first kappa shape index (κ1) is 17.8. The molecule has 2 heterocycles. The van der Waals surface area contributed by atoms with Crippen molar-refractivity contribution in [3.8, 4) is 11.5 Å². The number of esters is 1. The maximum Gasteiger partial charge on any atom is 0.308 e. The van der Waals surface area contributed by atoms with Gasteiger partial charge < -0.3 is 14.4 Å². The molecule has 1 atom stereocenters. The molecule has 3 aromatic rings. The van der Waals surface area contributed by atoms with E-state index in [1.807, 2.05) is 30.3 Å². The van der Waals surface area contributed by atoms with Gasteiger partial charge in [0.25, 0.3) is 0 Å². The summed E-state index contributed by atoms with van der Waals surface area (Å²) in [4.78, 5) is 13.6. The predicted molar refractivity (Wildman–Crippen MR) is 116 cm³/mol. The van der Waals surface area contributed by atoms with Crippen LogP contribution in [0.25, 0.3) is 16.8 Å². The van der Waals surface area contributed by atoms with Crippen molar-refractivity contribution in [2.75, 3.05) is 11.9 Å². The lowest BCUT2D eigenvalue weighted by Gasteiger charge is -2.46. The zero-order valence-corrected chi connectivity index (χ0v) is 17.0. The third-order valence-electron chi connectivity index (χ3n) is 6.33. The number of hydrogen-bond donors (Lipinski definition) is 0. The number of ether oxygens (including phenoxy) is 2. The highest BCUT2D eigenvalue weighted by Crippen LogP contribution is 2.54. The van der Waals surface area contributed by atoms with Crippen LogP contribution in [0, 0.1) is 0 Å². The lowest BCUT2D eigenvalue weighted by atomic mass is 9.76. The molecule has 0 fully saturated rings. The van der Waals surface area contributed by atoms with E-state index in [0.717, 1.165) is 22.1 Å². The van der Waals surface area contributed by atoms with Gasteiger partial charge >= 0.3 is 5.97 Å². The molecule has 1 unspecified atom stereocenters. The molecule has 2 aliphatic heterocycles. The van der Waals surface area contributed by atoms with Crippen LogP contribution in [0.1, 0.15) is 31.9 Å². The molecule has 4 heteroatoms. The Morgan fingerprint density at radius 2 is 1.83 bits per heavy atom. The van der Waals surface area contributed by atoms with E-state index in [4.69, 9.17) is 9.47 Å². The van der Waals surface area contributed by atoms with E-state index in [1.54, 1.807) is 0 Å². The summed E-state index contributed by atoms with van der Waals surface area (Å²) in [5.41, 5.74) is 2.62. The molecule has 29 heavy (non-hydrogen) atoms. The van der Waals surface area contributed by atoms with Crippen molar-refractivity contribution in [2.45, 2.75) is 31.9 Å². The van der Waals surface area contributed by atoms with E-state index in [2.05, 4.69) is 62.2 Å². The SMILES string of the molecule is CC(=O)Oc1ccc2ccc3c(c2c1)C=CC1(O3)N(C)c2ccccc2C1(C)C. The van der Waals surface area contributed by atoms with Crippen molar-refractivity contribution in [3.63, 3.8) is 0 Å². The van der Waals surface area contributed by atoms with Crippen LogP contribution in [0.5, 0.6) is 11.5 Å². The second-order valence-corrected chi connectivity index (χ2v) is 8.29. The predicted octanol–water partition coefficient (Wildman–Crippen LogP) is 5.29. The first-order valence-electron chi connectivity index (χ1n) is 9.80. The number of carbonyl (C=O) groups is 1. The molecule has 4 nitrogen and oxygen atoms in total. The Balaban J connectivity index is 1.65. The summed E-state index contributed by atoms with van der Waals surface area (Å²) in [7, 11) is 2.09. The molecule has 2 aliphatic rings. The maximum atomic E-state index is 11.4. The monoisotopic (exact) mass is 385 g/mol. The van der Waals surface area contributed by atoms with Crippen molar-refractivity contribution in [2.24, 2.45) is 0 Å². The molecular formula is C25H23NO3. The topological polar surface area (TPSA) is 38.8 Å². The zero-order chi connectivity index (χ0) is 20.4. The summed E-state index contributed by atoms with van der Waals surface area (Å²) in [5.74, 6) is 1.04. The fourth-order valence-electron chi connectivity index (χ4n) is 4.79. The standard InChI is InChI=1S/C25H23NO3/c1-16(27)28-18-11-9-17-10-12-23-19(20(17)15-18)13-14-25(29-23)24(2,3)21-7-5-6-8-22(21)26(25)4/h5-15H,1-4H3. The van der Waals surface area contributed by atoms with Crippen LogP contribution in [0.3, 0.4) is 0 Å². The van der Waals surface area contributed by atoms with E-state index < -0.39 is 5.72 Å². The Labute approximate surface area is 170 Å². The first-order valence-corrected chi connectivity index (χ1v) is 9.80. The van der Waals surface area contributed by atoms with Crippen LogP contribution < -0.4 is 14.4 Å². The first-order chi connectivity index (χ1) is 13.8. The number of hydrogen-bond acceptors (Lipinski definition) is 4. The van der Waals surface area contributed by atoms with Gasteiger partial charge in [-0.1, -0.05) is 30.3 Å². The summed E-state index contributed by atoms with van der Waals surface area (Å²) in [6.45, 7) is 5.86. The highest BCUT2D eigenvalue weighted by atomic mass is 16.5. The summed E-state index contributed by atoms with van der Waals surface area (Å²) < 4.78 is 12.0. The van der Waals surface area contributed by atoms with Crippen LogP contribution in [0.15, 0.2) is 60.7 Å². The van der Waals surface area contributed by atoms with Gasteiger partial charge in [-0.2, -0.15) is 0 Å². The molecule has 0 bridgehead atoms. The molecule has 3 aromatic carbocycles. The number of anilines is 1. The maximum absolute atomic E-state index is 11.4. The Hall–Kier alpha value is -3.27. The fourth-order valence-corrected chi connectivity index (χ4v) is 4.79. The van der Waals surface area contributed by atoms with E-state index in [-0.39, 0.29) is 11.4 Å². The number of carbonyl (C=O) groups excluding carboxylic acids is 1. The number of rotatable bonds is 1. The Bertz CT molecular complexity index is 1190. The van der Waals surface area contributed by atoms with Crippen LogP contribution in [-0.4, -0.2) is 18.7 Å². The third-order valence-corrected chi connectivity index (χ3v) is 6.33. The minimum Gasteiger partial charge on any atom is -0.463 e. The van der Waals surface area contributed by atoms with Crippen LogP contribution in [0.2, 0.25) is 0 Å². The number of likely N-dealkylation sites (N-methyl/N-ethyl adjacent to an activating group) is 1. The number of nitrogens with zero attached hydrogens (tertiary/aromatic N) is 1. The molecule has 0 amide bonds. The van der Waals surface area contributed by atoms with Gasteiger partial charge in [0.05, 0.1) is 5.41 Å². The average molecular weight is 385 g/mol. The zero-order valence-electron chi connectivity index (χ0n) is 17.0. The summed E-state index contributed by atoms with van der Waals surface area (Å²) in [6, 6.07) is 18.2. The molecule has 0 radical (unpaired) electrons. The van der Waals surface area contributed by atoms with Gasteiger partial charge in [-0.3, -0.25) is 4.79 Å². The summed E-state index contributed by atoms with van der Waals surface area (Å²) in [5, 5.41) is 2.08. The fraction of sp³-hybridized carbons (Fsp3) is 0.240. The highest BCUT2D eigenvalue weighted by molar-refractivity contribution is 5.95. The number of fused-ring (bicyclic) bond motifs is 4. The molecule has 1 spiro atoms. The van der Waals surface area contributed by atoms with E-state index >= 15 is 0 Å². The van der Waals surface area contributed by atoms with Gasteiger partial charge in [0.2, 0.25) is 5.72 Å². The van der Waals surface area contributed by atoms with Crippen LogP contribution >= 0.6 is 0 Å². The molecule has 0 aromatic heterocycles. The van der Waals surface area contributed by atoms with Crippen molar-refractivity contribution in [3.05, 3.63) is 71.8 Å². The minimum absolute atomic E-state index is 0.235. The highest BCUT2D eigenvalue weighted by Gasteiger charge is 2.57. The normalized spacial score (nSPS) is 21.0. The summed E-state index contributed by atoms with van der Waals surface area (Å²) >= 11 is 0. The smallest absolute Gasteiger partial charge is 0.308 e. The van der Waals surface area contributed by atoms with Gasteiger partial charge in [-0.25, -0.2) is 0 Å². The third kappa shape index (κ3) is 2.35. The number of para-hydroxylation sites is 1. The van der Waals surface area contributed by atoms with Crippen LogP contribution in [0.4, 0.5) is 5.69 Å². The average Bonchev–Trinajstić information content (AvgIpc) is 2.86. The molecule has 5 rings (SSSR count). The molecule has 0 aliphatic carbocycles. The van der Waals surface area contributed by atoms with Crippen molar-refractivity contribution in [1.82, 2.24) is 0 Å². The summed E-state index contributed by atoms with van der Waals surface area (Å²) in [6.07, 6.45) is 4.30. The lowest BCUT2D eigenvalue weighted by Crippen LogP contribution is -2.58. The molecule has 146 valence electrons. The van der Waals surface area contributed by atoms with Crippen molar-refractivity contribution >= 4 is 28.5 Å². The number of benzene rings is 3. The van der Waals surface area contributed by atoms with Gasteiger partial charge in [-0.05, 0) is 66.6 Å². The molecule has 0 saturated carbocycles. The minimum atomic E-state index is -0.606. The Kier molecular flexibility index (Phi) is 3.60. The second-order valence-electron chi connectivity index (χ2n) is 8.29.